The average Bonchev–Trinajstić information content (AvgIpc) is 2.81. The second kappa shape index (κ2) is 6.36. The summed E-state index contributed by atoms with van der Waals surface area (Å²) in [7, 11) is 0. The van der Waals surface area contributed by atoms with Gasteiger partial charge in [-0.1, -0.05) is 54.6 Å². The zero-order valence-electron chi connectivity index (χ0n) is 14.3. The minimum atomic E-state index is -0.370. The molecule has 0 aliphatic carbocycles. The van der Waals surface area contributed by atoms with Crippen molar-refractivity contribution in [1.29, 1.82) is 0 Å². The van der Waals surface area contributed by atoms with Gasteiger partial charge in [-0.15, -0.1) is 0 Å². The highest BCUT2D eigenvalue weighted by atomic mass is 16.1. The molecule has 0 radical (unpaired) electrons. The minimum Gasteiger partial charge on any atom is -0.366 e. The van der Waals surface area contributed by atoms with Crippen molar-refractivity contribution in [3.63, 3.8) is 0 Å². The molecular formula is C21H22N2O. The average molecular weight is 318 g/mol. The molecule has 0 aliphatic heterocycles. The molecule has 122 valence electrons. The van der Waals surface area contributed by atoms with Gasteiger partial charge in [-0.2, -0.15) is 0 Å². The summed E-state index contributed by atoms with van der Waals surface area (Å²) < 4.78 is 2.20. The van der Waals surface area contributed by atoms with E-state index in [0.717, 1.165) is 29.1 Å². The molecule has 0 unspecified atom stereocenters. The normalized spacial score (nSPS) is 10.8. The van der Waals surface area contributed by atoms with Gasteiger partial charge in [0.05, 0.1) is 11.3 Å². The Morgan fingerprint density at radius 3 is 2.21 bits per heavy atom. The van der Waals surface area contributed by atoms with Crippen molar-refractivity contribution >= 4 is 5.91 Å². The predicted molar refractivity (Wildman–Crippen MR) is 98.1 cm³/mol. The SMILES string of the molecule is Cc1ccccc1Cn1c(C)c(C(N)=O)c(C)c1-c1ccccc1. The molecule has 0 atom stereocenters. The summed E-state index contributed by atoms with van der Waals surface area (Å²) in [6.07, 6.45) is 0. The number of rotatable bonds is 4. The first-order valence-corrected chi connectivity index (χ1v) is 8.10. The molecule has 2 N–H and O–H groups in total. The lowest BCUT2D eigenvalue weighted by atomic mass is 10.0. The molecule has 1 aromatic heterocycles. The van der Waals surface area contributed by atoms with E-state index in [1.165, 1.54) is 11.1 Å². The zero-order chi connectivity index (χ0) is 17.3. The molecule has 0 saturated carbocycles. The first kappa shape index (κ1) is 16.1. The summed E-state index contributed by atoms with van der Waals surface area (Å²) >= 11 is 0. The van der Waals surface area contributed by atoms with Crippen LogP contribution in [0.2, 0.25) is 0 Å². The molecule has 2 aromatic carbocycles. The number of aromatic nitrogens is 1. The number of carbonyl (C=O) groups is 1. The van der Waals surface area contributed by atoms with Crippen LogP contribution in [0.1, 0.15) is 32.7 Å². The third kappa shape index (κ3) is 2.73. The van der Waals surface area contributed by atoms with Gasteiger partial charge in [0, 0.05) is 12.2 Å². The summed E-state index contributed by atoms with van der Waals surface area (Å²) in [4.78, 5) is 12.0. The summed E-state index contributed by atoms with van der Waals surface area (Å²) in [5.41, 5.74) is 12.8. The topological polar surface area (TPSA) is 48.0 Å². The number of nitrogens with zero attached hydrogens (tertiary/aromatic N) is 1. The second-order valence-corrected chi connectivity index (χ2v) is 6.18. The summed E-state index contributed by atoms with van der Waals surface area (Å²) in [5.74, 6) is -0.370. The Morgan fingerprint density at radius 1 is 0.958 bits per heavy atom. The molecule has 0 saturated heterocycles. The summed E-state index contributed by atoms with van der Waals surface area (Å²) in [6.45, 7) is 6.77. The van der Waals surface area contributed by atoms with Gasteiger partial charge in [0.25, 0.3) is 5.91 Å². The van der Waals surface area contributed by atoms with Gasteiger partial charge in [-0.05, 0) is 43.0 Å². The molecule has 3 nitrogen and oxygen atoms in total. The molecule has 0 spiro atoms. The van der Waals surface area contributed by atoms with Gasteiger partial charge in [-0.25, -0.2) is 0 Å². The van der Waals surface area contributed by atoms with Crippen molar-refractivity contribution < 1.29 is 4.79 Å². The molecule has 1 amide bonds. The lowest BCUT2D eigenvalue weighted by Gasteiger charge is -2.14. The quantitative estimate of drug-likeness (QED) is 0.769. The number of primary amides is 1. The van der Waals surface area contributed by atoms with E-state index in [0.29, 0.717) is 5.56 Å². The van der Waals surface area contributed by atoms with Crippen molar-refractivity contribution in [1.82, 2.24) is 4.57 Å². The van der Waals surface area contributed by atoms with E-state index in [1.54, 1.807) is 0 Å². The van der Waals surface area contributed by atoms with E-state index in [2.05, 4.69) is 35.8 Å². The molecule has 1 heterocycles. The maximum Gasteiger partial charge on any atom is 0.250 e. The highest BCUT2D eigenvalue weighted by Crippen LogP contribution is 2.32. The number of aryl methyl sites for hydroxylation is 1. The zero-order valence-corrected chi connectivity index (χ0v) is 14.3. The Morgan fingerprint density at radius 2 is 1.58 bits per heavy atom. The van der Waals surface area contributed by atoms with Crippen molar-refractivity contribution in [2.24, 2.45) is 5.73 Å². The Labute approximate surface area is 142 Å². The van der Waals surface area contributed by atoms with Crippen LogP contribution in [0.4, 0.5) is 0 Å². The number of hydrogen-bond donors (Lipinski definition) is 1. The highest BCUT2D eigenvalue weighted by molar-refractivity contribution is 5.98. The maximum atomic E-state index is 12.0. The van der Waals surface area contributed by atoms with E-state index in [1.807, 2.05) is 44.2 Å². The number of hydrogen-bond acceptors (Lipinski definition) is 1. The smallest absolute Gasteiger partial charge is 0.250 e. The molecule has 3 rings (SSSR count). The van der Waals surface area contributed by atoms with Crippen LogP contribution in [0.15, 0.2) is 54.6 Å². The third-order valence-electron chi connectivity index (χ3n) is 4.65. The van der Waals surface area contributed by atoms with Crippen LogP contribution < -0.4 is 5.73 Å². The Balaban J connectivity index is 2.22. The van der Waals surface area contributed by atoms with Crippen LogP contribution in [0.25, 0.3) is 11.3 Å². The molecular weight excluding hydrogens is 296 g/mol. The van der Waals surface area contributed by atoms with E-state index >= 15 is 0 Å². The van der Waals surface area contributed by atoms with E-state index < -0.39 is 0 Å². The maximum absolute atomic E-state index is 12.0. The molecule has 3 aromatic rings. The Kier molecular flexibility index (Phi) is 4.26. The van der Waals surface area contributed by atoms with Crippen LogP contribution in [-0.4, -0.2) is 10.5 Å². The van der Waals surface area contributed by atoms with Gasteiger partial charge >= 0.3 is 0 Å². The summed E-state index contributed by atoms with van der Waals surface area (Å²) in [6, 6.07) is 18.5. The second-order valence-electron chi connectivity index (χ2n) is 6.18. The largest absolute Gasteiger partial charge is 0.366 e. The van der Waals surface area contributed by atoms with Gasteiger partial charge < -0.3 is 10.3 Å². The van der Waals surface area contributed by atoms with Gasteiger partial charge in [0.2, 0.25) is 0 Å². The standard InChI is InChI=1S/C21H22N2O/c1-14-9-7-8-12-18(14)13-23-16(3)19(21(22)24)15(2)20(23)17-10-5-4-6-11-17/h4-12H,13H2,1-3H3,(H2,22,24). The fourth-order valence-corrected chi connectivity index (χ4v) is 3.38. The first-order chi connectivity index (χ1) is 11.5. The molecule has 3 heteroatoms. The molecule has 24 heavy (non-hydrogen) atoms. The van der Waals surface area contributed by atoms with E-state index in [4.69, 9.17) is 5.73 Å². The van der Waals surface area contributed by atoms with Gasteiger partial charge in [-0.3, -0.25) is 4.79 Å². The van der Waals surface area contributed by atoms with Gasteiger partial charge in [0.1, 0.15) is 0 Å². The van der Waals surface area contributed by atoms with Crippen LogP contribution in [0.5, 0.6) is 0 Å². The highest BCUT2D eigenvalue weighted by Gasteiger charge is 2.22. The Hall–Kier alpha value is -2.81. The molecule has 0 fully saturated rings. The third-order valence-corrected chi connectivity index (χ3v) is 4.65. The fourth-order valence-electron chi connectivity index (χ4n) is 3.38. The van der Waals surface area contributed by atoms with Crippen LogP contribution in [-0.2, 0) is 6.54 Å². The lowest BCUT2D eigenvalue weighted by Crippen LogP contribution is -2.13. The van der Waals surface area contributed by atoms with Crippen molar-refractivity contribution in [3.8, 4) is 11.3 Å². The van der Waals surface area contributed by atoms with Crippen LogP contribution in [0.3, 0.4) is 0 Å². The van der Waals surface area contributed by atoms with Gasteiger partial charge in [0.15, 0.2) is 0 Å². The molecule has 0 bridgehead atoms. The lowest BCUT2D eigenvalue weighted by molar-refractivity contribution is 0.0999. The van der Waals surface area contributed by atoms with Crippen LogP contribution >= 0.6 is 0 Å². The van der Waals surface area contributed by atoms with Crippen molar-refractivity contribution in [2.45, 2.75) is 27.3 Å². The van der Waals surface area contributed by atoms with Crippen molar-refractivity contribution in [2.75, 3.05) is 0 Å². The van der Waals surface area contributed by atoms with E-state index in [-0.39, 0.29) is 5.91 Å². The number of amides is 1. The predicted octanol–water partition coefficient (Wildman–Crippen LogP) is 4.23. The van der Waals surface area contributed by atoms with E-state index in [9.17, 15) is 4.79 Å². The minimum absolute atomic E-state index is 0.370. The number of nitrogens with two attached hydrogens (primary N) is 1. The fraction of sp³-hybridized carbons (Fsp3) is 0.190. The van der Waals surface area contributed by atoms with Crippen LogP contribution in [0, 0.1) is 20.8 Å². The Bertz CT molecular complexity index is 892. The first-order valence-electron chi connectivity index (χ1n) is 8.10. The molecule has 0 aliphatic rings. The number of benzene rings is 2. The van der Waals surface area contributed by atoms with Crippen molar-refractivity contribution in [3.05, 3.63) is 82.5 Å². The summed E-state index contributed by atoms with van der Waals surface area (Å²) in [5, 5.41) is 0. The number of carbonyl (C=O) groups excluding carboxylic acids is 1. The monoisotopic (exact) mass is 318 g/mol.